The first-order valence-electron chi connectivity index (χ1n) is 5.91. The number of nitrogens with zero attached hydrogens (tertiary/aromatic N) is 1. The van der Waals surface area contributed by atoms with E-state index in [0.29, 0.717) is 11.8 Å². The van der Waals surface area contributed by atoms with E-state index in [1.165, 1.54) is 0 Å². The van der Waals surface area contributed by atoms with Gasteiger partial charge in [0.25, 0.3) is 0 Å². The minimum absolute atomic E-state index is 0.102. The van der Waals surface area contributed by atoms with Crippen molar-refractivity contribution in [3.8, 4) is 0 Å². The fraction of sp³-hybridized carbons (Fsp3) is 0.917. The van der Waals surface area contributed by atoms with E-state index in [1.54, 1.807) is 0 Å². The van der Waals surface area contributed by atoms with Gasteiger partial charge in [0.15, 0.2) is 0 Å². The highest BCUT2D eigenvalue weighted by Crippen LogP contribution is 2.10. The lowest BCUT2D eigenvalue weighted by molar-refractivity contribution is -0.123. The molecule has 0 aromatic rings. The molecule has 0 fully saturated rings. The number of carbonyl (C=O) groups is 1. The van der Waals surface area contributed by atoms with Crippen LogP contribution in [0.3, 0.4) is 0 Å². The zero-order valence-electron chi connectivity index (χ0n) is 10.8. The molecule has 0 radical (unpaired) electrons. The number of primary amides is 1. The molecule has 0 aromatic carbocycles. The van der Waals surface area contributed by atoms with Crippen LogP contribution in [0.5, 0.6) is 0 Å². The van der Waals surface area contributed by atoms with Crippen molar-refractivity contribution in [3.05, 3.63) is 0 Å². The number of hydrogen-bond acceptors (Lipinski definition) is 2. The van der Waals surface area contributed by atoms with Crippen LogP contribution in [0, 0.1) is 11.8 Å². The second-order valence-electron chi connectivity index (χ2n) is 5.07. The summed E-state index contributed by atoms with van der Waals surface area (Å²) in [6, 6.07) is -0.102. The van der Waals surface area contributed by atoms with Gasteiger partial charge in [-0.2, -0.15) is 0 Å². The van der Waals surface area contributed by atoms with Crippen LogP contribution in [-0.4, -0.2) is 29.9 Å². The summed E-state index contributed by atoms with van der Waals surface area (Å²) in [4.78, 5) is 13.5. The van der Waals surface area contributed by atoms with Gasteiger partial charge in [0.2, 0.25) is 5.91 Å². The molecular weight excluding hydrogens is 188 g/mol. The molecule has 15 heavy (non-hydrogen) atoms. The minimum atomic E-state index is -0.196. The zero-order valence-corrected chi connectivity index (χ0v) is 10.8. The topological polar surface area (TPSA) is 46.3 Å². The highest BCUT2D eigenvalue weighted by molar-refractivity contribution is 5.79. The highest BCUT2D eigenvalue weighted by Gasteiger charge is 2.22. The molecule has 1 amide bonds. The van der Waals surface area contributed by atoms with Crippen LogP contribution in [0.1, 0.15) is 41.0 Å². The summed E-state index contributed by atoms with van der Waals surface area (Å²) in [6.07, 6.45) is 0.800. The van der Waals surface area contributed by atoms with Gasteiger partial charge in [-0.15, -0.1) is 0 Å². The van der Waals surface area contributed by atoms with Gasteiger partial charge in [-0.25, -0.2) is 0 Å². The van der Waals surface area contributed by atoms with Crippen LogP contribution in [0.4, 0.5) is 0 Å². The van der Waals surface area contributed by atoms with Crippen LogP contribution < -0.4 is 5.73 Å². The molecule has 0 aromatic heterocycles. The second kappa shape index (κ2) is 6.83. The Bertz CT molecular complexity index is 180. The van der Waals surface area contributed by atoms with E-state index in [4.69, 9.17) is 5.73 Å². The Morgan fingerprint density at radius 3 is 1.73 bits per heavy atom. The van der Waals surface area contributed by atoms with E-state index in [1.807, 2.05) is 6.92 Å². The molecule has 1 atom stereocenters. The summed E-state index contributed by atoms with van der Waals surface area (Å²) < 4.78 is 0. The number of hydrogen-bond donors (Lipinski definition) is 1. The average Bonchev–Trinajstić information content (AvgIpc) is 2.01. The molecule has 0 saturated heterocycles. The van der Waals surface area contributed by atoms with Crippen molar-refractivity contribution >= 4 is 5.91 Å². The van der Waals surface area contributed by atoms with Crippen LogP contribution in [0.15, 0.2) is 0 Å². The molecule has 0 spiro atoms. The fourth-order valence-corrected chi connectivity index (χ4v) is 1.91. The summed E-state index contributed by atoms with van der Waals surface area (Å²) in [5, 5.41) is 0. The van der Waals surface area contributed by atoms with E-state index in [0.717, 1.165) is 19.5 Å². The van der Waals surface area contributed by atoms with Gasteiger partial charge < -0.3 is 5.73 Å². The Morgan fingerprint density at radius 2 is 1.53 bits per heavy atom. The molecule has 0 heterocycles. The molecule has 0 rings (SSSR count). The average molecular weight is 214 g/mol. The van der Waals surface area contributed by atoms with E-state index < -0.39 is 0 Å². The SMILES string of the molecule is CCC(C(N)=O)N(CC(C)C)CC(C)C. The molecule has 0 aliphatic carbocycles. The third-order valence-corrected chi connectivity index (χ3v) is 2.36. The molecule has 3 nitrogen and oxygen atoms in total. The van der Waals surface area contributed by atoms with Crippen molar-refractivity contribution in [1.82, 2.24) is 4.90 Å². The summed E-state index contributed by atoms with van der Waals surface area (Å²) >= 11 is 0. The highest BCUT2D eigenvalue weighted by atomic mass is 16.1. The molecular formula is C12H26N2O. The Kier molecular flexibility index (Phi) is 6.57. The van der Waals surface area contributed by atoms with Gasteiger partial charge in [0.1, 0.15) is 0 Å². The predicted molar refractivity (Wildman–Crippen MR) is 64.5 cm³/mol. The van der Waals surface area contributed by atoms with E-state index in [-0.39, 0.29) is 11.9 Å². The Balaban J connectivity index is 4.50. The van der Waals surface area contributed by atoms with Crippen molar-refractivity contribution < 1.29 is 4.79 Å². The lowest BCUT2D eigenvalue weighted by Gasteiger charge is -2.31. The van der Waals surface area contributed by atoms with Crippen LogP contribution in [0.2, 0.25) is 0 Å². The Labute approximate surface area is 94.0 Å². The molecule has 0 bridgehead atoms. The van der Waals surface area contributed by atoms with Gasteiger partial charge in [-0.05, 0) is 18.3 Å². The van der Waals surface area contributed by atoms with Crippen LogP contribution in [0.25, 0.3) is 0 Å². The normalized spacial score (nSPS) is 13.9. The first-order chi connectivity index (χ1) is 6.88. The number of rotatable bonds is 7. The van der Waals surface area contributed by atoms with E-state index in [9.17, 15) is 4.79 Å². The molecule has 0 saturated carbocycles. The summed E-state index contributed by atoms with van der Waals surface area (Å²) in [7, 11) is 0. The van der Waals surface area contributed by atoms with E-state index >= 15 is 0 Å². The third kappa shape index (κ3) is 5.78. The van der Waals surface area contributed by atoms with Crippen LogP contribution >= 0.6 is 0 Å². The standard InChI is InChI=1S/C12H26N2O/c1-6-11(12(13)15)14(7-9(2)3)8-10(4)5/h9-11H,6-8H2,1-5H3,(H2,13,15). The molecule has 90 valence electrons. The maximum Gasteiger partial charge on any atom is 0.234 e. The number of carbonyl (C=O) groups excluding carboxylic acids is 1. The Morgan fingerprint density at radius 1 is 1.13 bits per heavy atom. The Hall–Kier alpha value is -0.570. The van der Waals surface area contributed by atoms with Crippen molar-refractivity contribution in [1.29, 1.82) is 0 Å². The van der Waals surface area contributed by atoms with Crippen molar-refractivity contribution in [3.63, 3.8) is 0 Å². The number of amides is 1. The van der Waals surface area contributed by atoms with Gasteiger partial charge in [-0.1, -0.05) is 34.6 Å². The second-order valence-corrected chi connectivity index (χ2v) is 5.07. The fourth-order valence-electron chi connectivity index (χ4n) is 1.91. The maximum absolute atomic E-state index is 11.3. The monoisotopic (exact) mass is 214 g/mol. The smallest absolute Gasteiger partial charge is 0.234 e. The summed E-state index contributed by atoms with van der Waals surface area (Å²) in [5.41, 5.74) is 5.42. The quantitative estimate of drug-likeness (QED) is 0.703. The molecule has 2 N–H and O–H groups in total. The van der Waals surface area contributed by atoms with Gasteiger partial charge in [-0.3, -0.25) is 9.69 Å². The molecule has 1 unspecified atom stereocenters. The summed E-state index contributed by atoms with van der Waals surface area (Å²) in [6.45, 7) is 12.6. The first-order valence-corrected chi connectivity index (χ1v) is 5.91. The predicted octanol–water partition coefficient (Wildman–Crippen LogP) is 1.86. The lowest BCUT2D eigenvalue weighted by Crippen LogP contribution is -2.47. The van der Waals surface area contributed by atoms with E-state index in [2.05, 4.69) is 32.6 Å². The third-order valence-electron chi connectivity index (χ3n) is 2.36. The first kappa shape index (κ1) is 14.4. The van der Waals surface area contributed by atoms with Crippen LogP contribution in [-0.2, 0) is 4.79 Å². The maximum atomic E-state index is 11.3. The molecule has 0 aliphatic rings. The zero-order chi connectivity index (χ0) is 12.0. The van der Waals surface area contributed by atoms with Crippen molar-refractivity contribution in [2.45, 2.75) is 47.1 Å². The molecule has 0 aliphatic heterocycles. The lowest BCUT2D eigenvalue weighted by atomic mass is 10.1. The number of nitrogens with two attached hydrogens (primary N) is 1. The van der Waals surface area contributed by atoms with Gasteiger partial charge in [0, 0.05) is 13.1 Å². The minimum Gasteiger partial charge on any atom is -0.368 e. The van der Waals surface area contributed by atoms with Gasteiger partial charge >= 0.3 is 0 Å². The summed E-state index contributed by atoms with van der Waals surface area (Å²) in [5.74, 6) is 0.938. The van der Waals surface area contributed by atoms with Crippen molar-refractivity contribution in [2.75, 3.05) is 13.1 Å². The van der Waals surface area contributed by atoms with Gasteiger partial charge in [0.05, 0.1) is 6.04 Å². The van der Waals surface area contributed by atoms with Crippen molar-refractivity contribution in [2.24, 2.45) is 17.6 Å². The largest absolute Gasteiger partial charge is 0.368 e. The molecule has 3 heteroatoms.